The smallest absolute Gasteiger partial charge is 0.253 e. The van der Waals surface area contributed by atoms with Crippen molar-refractivity contribution >= 4 is 23.3 Å². The van der Waals surface area contributed by atoms with Crippen LogP contribution in [0.15, 0.2) is 72.9 Å². The van der Waals surface area contributed by atoms with Crippen molar-refractivity contribution in [2.75, 3.05) is 49.1 Å². The molecule has 2 fully saturated rings. The maximum atomic E-state index is 13.4. The third-order valence-electron chi connectivity index (χ3n) is 9.12. The Morgan fingerprint density at radius 1 is 0.907 bits per heavy atom. The number of amides is 2. The van der Waals surface area contributed by atoms with Gasteiger partial charge in [0.15, 0.2) is 6.23 Å². The zero-order valence-corrected chi connectivity index (χ0v) is 25.2. The Morgan fingerprint density at radius 2 is 1.65 bits per heavy atom. The average molecular weight is 582 g/mol. The third-order valence-corrected chi connectivity index (χ3v) is 9.12. The van der Waals surface area contributed by atoms with Gasteiger partial charge in [0.1, 0.15) is 11.6 Å². The molecule has 0 bridgehead atoms. The van der Waals surface area contributed by atoms with Crippen LogP contribution in [0.4, 0.5) is 11.5 Å². The number of rotatable bonds is 9. The summed E-state index contributed by atoms with van der Waals surface area (Å²) in [6.45, 7) is 7.20. The Labute approximate surface area is 255 Å². The molecule has 3 aromatic rings. The summed E-state index contributed by atoms with van der Waals surface area (Å²) in [5.41, 5.74) is 2.97. The van der Waals surface area contributed by atoms with Gasteiger partial charge in [0.05, 0.1) is 0 Å². The highest BCUT2D eigenvalue weighted by Crippen LogP contribution is 2.32. The van der Waals surface area contributed by atoms with Crippen LogP contribution in [0.3, 0.4) is 0 Å². The number of aromatic nitrogens is 1. The zero-order chi connectivity index (χ0) is 29.6. The molecule has 3 aliphatic heterocycles. The minimum Gasteiger partial charge on any atom is -0.475 e. The van der Waals surface area contributed by atoms with Gasteiger partial charge in [-0.3, -0.25) is 14.5 Å². The van der Waals surface area contributed by atoms with Crippen LogP contribution in [0.25, 0.3) is 0 Å². The molecule has 0 spiro atoms. The summed E-state index contributed by atoms with van der Waals surface area (Å²) in [5, 5.41) is 0. The first-order valence-corrected chi connectivity index (χ1v) is 16.0. The second-order valence-corrected chi connectivity index (χ2v) is 11.9. The van der Waals surface area contributed by atoms with E-state index in [4.69, 9.17) is 4.74 Å². The van der Waals surface area contributed by atoms with Crippen LogP contribution >= 0.6 is 0 Å². The van der Waals surface area contributed by atoms with Crippen LogP contribution in [-0.2, 0) is 11.2 Å². The number of carbonyl (C=O) groups excluding carboxylic acids is 2. The van der Waals surface area contributed by atoms with Gasteiger partial charge in [-0.2, -0.15) is 0 Å². The molecule has 2 saturated heterocycles. The van der Waals surface area contributed by atoms with E-state index in [0.717, 1.165) is 82.0 Å². The topological polar surface area (TPSA) is 69.2 Å². The van der Waals surface area contributed by atoms with Crippen molar-refractivity contribution in [1.29, 1.82) is 0 Å². The van der Waals surface area contributed by atoms with Crippen molar-refractivity contribution in [3.8, 4) is 5.75 Å². The molecule has 3 aliphatic rings. The van der Waals surface area contributed by atoms with Gasteiger partial charge in [0.2, 0.25) is 5.91 Å². The number of unbranched alkanes of at least 4 members (excludes halogenated alkanes) is 1. The summed E-state index contributed by atoms with van der Waals surface area (Å²) in [7, 11) is 0. The molecule has 0 radical (unpaired) electrons. The second kappa shape index (κ2) is 13.6. The molecule has 8 heteroatoms. The highest BCUT2D eigenvalue weighted by molar-refractivity contribution is 5.97. The summed E-state index contributed by atoms with van der Waals surface area (Å²) < 4.78 is 6.53. The van der Waals surface area contributed by atoms with Gasteiger partial charge >= 0.3 is 0 Å². The zero-order valence-electron chi connectivity index (χ0n) is 25.2. The number of aryl methyl sites for hydroxylation is 1. The van der Waals surface area contributed by atoms with E-state index in [2.05, 4.69) is 39.9 Å². The SMILES string of the molecule is CCCCC(Oc1ccc(C(=O)N2CCC(N3C(=O)CCc4ccccc43)CC2)cc1)N1CCN(c2ccccn2)CC1. The molecule has 2 aromatic carbocycles. The van der Waals surface area contributed by atoms with Crippen molar-refractivity contribution in [1.82, 2.24) is 14.8 Å². The lowest BCUT2D eigenvalue weighted by molar-refractivity contribution is -0.119. The summed E-state index contributed by atoms with van der Waals surface area (Å²) in [6, 6.07) is 22.1. The number of para-hydroxylation sites is 1. The first-order chi connectivity index (χ1) is 21.1. The van der Waals surface area contributed by atoms with Gasteiger partial charge in [0, 0.05) is 69.2 Å². The van der Waals surface area contributed by atoms with E-state index in [-0.39, 0.29) is 24.1 Å². The summed E-state index contributed by atoms with van der Waals surface area (Å²) in [5.74, 6) is 2.07. The van der Waals surface area contributed by atoms with Crippen molar-refractivity contribution in [3.05, 3.63) is 84.1 Å². The van der Waals surface area contributed by atoms with E-state index >= 15 is 0 Å². The first kappa shape index (κ1) is 29.2. The van der Waals surface area contributed by atoms with Crippen LogP contribution in [0, 0.1) is 0 Å². The molecule has 1 unspecified atom stereocenters. The number of piperidine rings is 1. The predicted molar refractivity (Wildman–Crippen MR) is 170 cm³/mol. The van der Waals surface area contributed by atoms with Gasteiger partial charge in [-0.05, 0) is 80.1 Å². The fourth-order valence-electron chi connectivity index (χ4n) is 6.67. The molecule has 2 amide bonds. The normalized spacial score (nSPS) is 18.8. The molecule has 0 saturated carbocycles. The average Bonchev–Trinajstić information content (AvgIpc) is 3.07. The number of nitrogens with zero attached hydrogens (tertiary/aromatic N) is 5. The van der Waals surface area contributed by atoms with Crippen LogP contribution in [0.5, 0.6) is 5.75 Å². The van der Waals surface area contributed by atoms with Gasteiger partial charge in [-0.25, -0.2) is 4.98 Å². The Bertz CT molecular complexity index is 1370. The first-order valence-electron chi connectivity index (χ1n) is 16.0. The van der Waals surface area contributed by atoms with E-state index in [9.17, 15) is 9.59 Å². The number of piperazine rings is 1. The molecule has 1 atom stereocenters. The summed E-state index contributed by atoms with van der Waals surface area (Å²) in [6.07, 6.45) is 8.01. The fourth-order valence-corrected chi connectivity index (χ4v) is 6.67. The molecule has 6 rings (SSSR count). The van der Waals surface area contributed by atoms with Crippen molar-refractivity contribution in [2.45, 2.75) is 64.1 Å². The van der Waals surface area contributed by atoms with Gasteiger partial charge < -0.3 is 19.4 Å². The minimum atomic E-state index is 0.00837. The number of fused-ring (bicyclic) bond motifs is 1. The monoisotopic (exact) mass is 581 g/mol. The van der Waals surface area contributed by atoms with E-state index in [1.165, 1.54) is 5.56 Å². The molecule has 0 aliphatic carbocycles. The number of anilines is 2. The van der Waals surface area contributed by atoms with E-state index in [1.54, 1.807) is 0 Å². The Morgan fingerprint density at radius 3 is 2.37 bits per heavy atom. The van der Waals surface area contributed by atoms with Crippen LogP contribution < -0.4 is 14.5 Å². The number of likely N-dealkylation sites (tertiary alicyclic amines) is 1. The maximum Gasteiger partial charge on any atom is 0.253 e. The molecule has 4 heterocycles. The highest BCUT2D eigenvalue weighted by atomic mass is 16.5. The predicted octanol–water partition coefficient (Wildman–Crippen LogP) is 5.38. The lowest BCUT2D eigenvalue weighted by Gasteiger charge is -2.41. The quantitative estimate of drug-likeness (QED) is 0.338. The Kier molecular flexibility index (Phi) is 9.22. The number of hydrogen-bond donors (Lipinski definition) is 0. The van der Waals surface area contributed by atoms with Crippen LogP contribution in [0.2, 0.25) is 0 Å². The van der Waals surface area contributed by atoms with Crippen LogP contribution in [0.1, 0.15) is 61.4 Å². The molecular formula is C35H43N5O3. The standard InChI is InChI=1S/C35H43N5O3/c1-2-3-11-34(38-25-23-37(24-26-38)32-10-6-7-20-36-32)43-30-15-12-28(13-16-30)35(42)39-21-18-29(19-22-39)40-31-9-5-4-8-27(31)14-17-33(40)41/h4-10,12-13,15-16,20,29,34H,2-3,11,14,17-19,21-26H2,1H3. The number of ether oxygens (including phenoxy) is 1. The lowest BCUT2D eigenvalue weighted by Crippen LogP contribution is -2.52. The Balaban J connectivity index is 1.04. The minimum absolute atomic E-state index is 0.00837. The van der Waals surface area contributed by atoms with Gasteiger partial charge in [-0.1, -0.05) is 37.6 Å². The number of carbonyl (C=O) groups is 2. The molecule has 226 valence electrons. The lowest BCUT2D eigenvalue weighted by atomic mass is 9.95. The molecule has 0 N–H and O–H groups in total. The molecule has 1 aromatic heterocycles. The van der Waals surface area contributed by atoms with Gasteiger partial charge in [0.25, 0.3) is 5.91 Å². The summed E-state index contributed by atoms with van der Waals surface area (Å²) >= 11 is 0. The second-order valence-electron chi connectivity index (χ2n) is 11.9. The fraction of sp³-hybridized carbons (Fsp3) is 0.457. The molecular weight excluding hydrogens is 538 g/mol. The van der Waals surface area contributed by atoms with Crippen molar-refractivity contribution in [3.63, 3.8) is 0 Å². The highest BCUT2D eigenvalue weighted by Gasteiger charge is 2.34. The van der Waals surface area contributed by atoms with Crippen LogP contribution in [-0.4, -0.2) is 78.1 Å². The third kappa shape index (κ3) is 6.69. The largest absolute Gasteiger partial charge is 0.475 e. The number of pyridine rings is 1. The van der Waals surface area contributed by atoms with Gasteiger partial charge in [-0.15, -0.1) is 0 Å². The number of hydrogen-bond acceptors (Lipinski definition) is 6. The van der Waals surface area contributed by atoms with E-state index in [0.29, 0.717) is 25.1 Å². The van der Waals surface area contributed by atoms with E-state index in [1.807, 2.05) is 64.5 Å². The molecule has 8 nitrogen and oxygen atoms in total. The van der Waals surface area contributed by atoms with E-state index < -0.39 is 0 Å². The van der Waals surface area contributed by atoms with Crippen molar-refractivity contribution in [2.24, 2.45) is 0 Å². The number of benzene rings is 2. The Hall–Kier alpha value is -3.91. The van der Waals surface area contributed by atoms with Crippen molar-refractivity contribution < 1.29 is 14.3 Å². The summed E-state index contributed by atoms with van der Waals surface area (Å²) in [4.78, 5) is 39.5. The molecule has 43 heavy (non-hydrogen) atoms. The maximum absolute atomic E-state index is 13.4.